The number of hydrogen-bond donors (Lipinski definition) is 4. The molecule has 1 rings (SSSR count). The van der Waals surface area contributed by atoms with Gasteiger partial charge in [0.2, 0.25) is 0 Å². The highest BCUT2D eigenvalue weighted by atomic mass is 16.3. The summed E-state index contributed by atoms with van der Waals surface area (Å²) < 4.78 is 0. The third-order valence-electron chi connectivity index (χ3n) is 2.37. The van der Waals surface area contributed by atoms with Gasteiger partial charge in [-0.15, -0.1) is 0 Å². The molecule has 0 spiro atoms. The van der Waals surface area contributed by atoms with Crippen LogP contribution in [0.4, 0.5) is 5.69 Å². The number of aromatic hydroxyl groups is 1. The Morgan fingerprint density at radius 3 is 2.76 bits per heavy atom. The number of anilines is 1. The summed E-state index contributed by atoms with van der Waals surface area (Å²) >= 11 is 0. The molecule has 0 aliphatic carbocycles. The molecule has 0 saturated heterocycles. The molecule has 0 saturated carbocycles. The number of phenols is 1. The molecule has 0 aliphatic rings. The van der Waals surface area contributed by atoms with Crippen molar-refractivity contribution in [1.82, 2.24) is 0 Å². The van der Waals surface area contributed by atoms with Crippen LogP contribution in [-0.2, 0) is 0 Å². The van der Waals surface area contributed by atoms with E-state index in [4.69, 9.17) is 11.3 Å². The summed E-state index contributed by atoms with van der Waals surface area (Å²) in [5, 5.41) is 32.3. The zero-order valence-corrected chi connectivity index (χ0v) is 9.06. The fraction of sp³-hybridized carbons (Fsp3) is 0.400. The SMILES string of the molecule is [N-]=[N+]=NCCC(O)C(O)c1cccc(N)c1O. The van der Waals surface area contributed by atoms with Crippen LogP contribution >= 0.6 is 0 Å². The van der Waals surface area contributed by atoms with Crippen LogP contribution in [-0.4, -0.2) is 28.0 Å². The van der Waals surface area contributed by atoms with E-state index < -0.39 is 12.2 Å². The molecule has 92 valence electrons. The van der Waals surface area contributed by atoms with E-state index in [-0.39, 0.29) is 30.0 Å². The maximum atomic E-state index is 9.79. The van der Waals surface area contributed by atoms with Crippen molar-refractivity contribution in [2.24, 2.45) is 5.11 Å². The second-order valence-corrected chi connectivity index (χ2v) is 3.54. The van der Waals surface area contributed by atoms with Gasteiger partial charge in [0.05, 0.1) is 11.8 Å². The molecular weight excluding hydrogens is 224 g/mol. The lowest BCUT2D eigenvalue weighted by molar-refractivity contribution is 0.0138. The molecule has 0 aromatic heterocycles. The van der Waals surface area contributed by atoms with Gasteiger partial charge in [-0.05, 0) is 18.0 Å². The molecule has 0 amide bonds. The molecule has 17 heavy (non-hydrogen) atoms. The smallest absolute Gasteiger partial charge is 0.144 e. The monoisotopic (exact) mass is 238 g/mol. The van der Waals surface area contributed by atoms with Crippen LogP contribution in [0.3, 0.4) is 0 Å². The van der Waals surface area contributed by atoms with E-state index in [2.05, 4.69) is 10.0 Å². The highest BCUT2D eigenvalue weighted by molar-refractivity contribution is 5.56. The molecule has 2 unspecified atom stereocenters. The Labute approximate surface area is 97.7 Å². The van der Waals surface area contributed by atoms with Gasteiger partial charge in [-0.1, -0.05) is 17.2 Å². The Balaban J connectivity index is 2.77. The maximum absolute atomic E-state index is 9.79. The Morgan fingerprint density at radius 1 is 1.41 bits per heavy atom. The number of nitrogens with two attached hydrogens (primary N) is 1. The molecule has 5 N–H and O–H groups in total. The van der Waals surface area contributed by atoms with Gasteiger partial charge >= 0.3 is 0 Å². The first kappa shape index (κ1) is 13.1. The van der Waals surface area contributed by atoms with Crippen molar-refractivity contribution < 1.29 is 15.3 Å². The third-order valence-corrected chi connectivity index (χ3v) is 2.37. The molecule has 2 atom stereocenters. The highest BCUT2D eigenvalue weighted by Crippen LogP contribution is 2.31. The van der Waals surface area contributed by atoms with E-state index in [0.29, 0.717) is 0 Å². The first-order chi connectivity index (χ1) is 8.07. The summed E-state index contributed by atoms with van der Waals surface area (Å²) in [5.41, 5.74) is 13.8. The number of aliphatic hydroxyl groups excluding tert-OH is 2. The number of hydrogen-bond acceptors (Lipinski definition) is 5. The fourth-order valence-electron chi connectivity index (χ4n) is 1.42. The minimum Gasteiger partial charge on any atom is -0.505 e. The number of phenolic OH excluding ortho intramolecular Hbond substituents is 1. The predicted molar refractivity (Wildman–Crippen MR) is 62.1 cm³/mol. The van der Waals surface area contributed by atoms with Crippen LogP contribution in [0.1, 0.15) is 18.1 Å². The predicted octanol–water partition coefficient (Wildman–Crippen LogP) is 1.07. The number of nitrogen functional groups attached to an aromatic ring is 1. The van der Waals surface area contributed by atoms with Crippen LogP contribution in [0.25, 0.3) is 10.4 Å². The topological polar surface area (TPSA) is 135 Å². The second-order valence-electron chi connectivity index (χ2n) is 3.54. The number of benzene rings is 1. The van der Waals surface area contributed by atoms with Crippen molar-refractivity contribution in [3.63, 3.8) is 0 Å². The first-order valence-electron chi connectivity index (χ1n) is 5.02. The van der Waals surface area contributed by atoms with Crippen molar-refractivity contribution >= 4 is 5.69 Å². The maximum Gasteiger partial charge on any atom is 0.144 e. The Hall–Kier alpha value is -1.95. The average molecular weight is 238 g/mol. The molecule has 7 nitrogen and oxygen atoms in total. The zero-order chi connectivity index (χ0) is 12.8. The van der Waals surface area contributed by atoms with Crippen LogP contribution in [0.2, 0.25) is 0 Å². The van der Waals surface area contributed by atoms with Gasteiger partial charge in [0.1, 0.15) is 11.9 Å². The molecule has 1 aromatic rings. The van der Waals surface area contributed by atoms with E-state index in [9.17, 15) is 15.3 Å². The molecular formula is C10H14N4O3. The van der Waals surface area contributed by atoms with Crippen LogP contribution < -0.4 is 5.73 Å². The largest absolute Gasteiger partial charge is 0.505 e. The molecule has 0 radical (unpaired) electrons. The van der Waals surface area contributed by atoms with E-state index in [1.54, 1.807) is 6.07 Å². The molecule has 0 fully saturated rings. The molecule has 1 aromatic carbocycles. The lowest BCUT2D eigenvalue weighted by Gasteiger charge is -2.18. The Kier molecular flexibility index (Phi) is 4.59. The van der Waals surface area contributed by atoms with E-state index in [1.807, 2.05) is 0 Å². The van der Waals surface area contributed by atoms with Crippen molar-refractivity contribution in [3.8, 4) is 5.75 Å². The van der Waals surface area contributed by atoms with Crippen LogP contribution in [0, 0.1) is 0 Å². The van der Waals surface area contributed by atoms with E-state index in [0.717, 1.165) is 0 Å². The average Bonchev–Trinajstić information content (AvgIpc) is 2.32. The number of para-hydroxylation sites is 1. The quantitative estimate of drug-likeness (QED) is 0.200. The van der Waals surface area contributed by atoms with Gasteiger partial charge in [-0.25, -0.2) is 0 Å². The lowest BCUT2D eigenvalue weighted by Crippen LogP contribution is -2.19. The zero-order valence-electron chi connectivity index (χ0n) is 9.06. The fourth-order valence-corrected chi connectivity index (χ4v) is 1.42. The van der Waals surface area contributed by atoms with Crippen LogP contribution in [0.15, 0.2) is 23.3 Å². The summed E-state index contributed by atoms with van der Waals surface area (Å²) in [6.45, 7) is 0.0673. The summed E-state index contributed by atoms with van der Waals surface area (Å²) in [7, 11) is 0. The van der Waals surface area contributed by atoms with Crippen LogP contribution in [0.5, 0.6) is 5.75 Å². The van der Waals surface area contributed by atoms with Crippen molar-refractivity contribution in [2.45, 2.75) is 18.6 Å². The summed E-state index contributed by atoms with van der Waals surface area (Å²) in [4.78, 5) is 2.53. The number of nitrogens with zero attached hydrogens (tertiary/aromatic N) is 3. The first-order valence-corrected chi connectivity index (χ1v) is 5.02. The summed E-state index contributed by atoms with van der Waals surface area (Å²) in [5.74, 6) is -0.247. The van der Waals surface area contributed by atoms with E-state index in [1.165, 1.54) is 12.1 Å². The van der Waals surface area contributed by atoms with E-state index >= 15 is 0 Å². The Bertz CT molecular complexity index is 432. The summed E-state index contributed by atoms with van der Waals surface area (Å²) in [6.07, 6.45) is -2.31. The van der Waals surface area contributed by atoms with Gasteiger partial charge in [-0.3, -0.25) is 0 Å². The Morgan fingerprint density at radius 2 is 2.12 bits per heavy atom. The minimum atomic E-state index is -1.27. The summed E-state index contributed by atoms with van der Waals surface area (Å²) in [6, 6.07) is 4.51. The molecule has 0 bridgehead atoms. The lowest BCUT2D eigenvalue weighted by atomic mass is 10.0. The third kappa shape index (κ3) is 3.25. The highest BCUT2D eigenvalue weighted by Gasteiger charge is 2.21. The number of azide groups is 1. The molecule has 0 heterocycles. The van der Waals surface area contributed by atoms with Gasteiger partial charge in [0, 0.05) is 17.0 Å². The number of rotatable bonds is 5. The van der Waals surface area contributed by atoms with Gasteiger partial charge in [-0.2, -0.15) is 0 Å². The van der Waals surface area contributed by atoms with Crippen molar-refractivity contribution in [2.75, 3.05) is 12.3 Å². The van der Waals surface area contributed by atoms with Gasteiger partial charge in [0.15, 0.2) is 0 Å². The molecule has 0 aliphatic heterocycles. The van der Waals surface area contributed by atoms with Crippen molar-refractivity contribution in [3.05, 3.63) is 34.2 Å². The number of aliphatic hydroxyl groups is 2. The molecule has 7 heteroatoms. The second kappa shape index (κ2) is 5.95. The standard InChI is InChI=1S/C10H14N4O3/c11-7-3-1-2-6(9(7)16)10(17)8(15)4-5-13-14-12/h1-3,8,10,15-17H,4-5,11H2. The van der Waals surface area contributed by atoms with Gasteiger partial charge < -0.3 is 21.1 Å². The normalized spacial score (nSPS) is 13.8. The van der Waals surface area contributed by atoms with Crippen molar-refractivity contribution in [1.29, 1.82) is 0 Å². The van der Waals surface area contributed by atoms with Gasteiger partial charge in [0.25, 0.3) is 0 Å². The minimum absolute atomic E-state index is 0.0673.